The van der Waals surface area contributed by atoms with E-state index in [-0.39, 0.29) is 13.0 Å². The Kier molecular flexibility index (Phi) is 4.69. The van der Waals surface area contributed by atoms with Crippen molar-refractivity contribution >= 4 is 33.6 Å². The van der Waals surface area contributed by atoms with Crippen LogP contribution >= 0.6 is 15.9 Å². The molecule has 21 heavy (non-hydrogen) atoms. The number of urea groups is 1. The van der Waals surface area contributed by atoms with E-state index in [4.69, 9.17) is 9.84 Å². The molecule has 2 rings (SSSR count). The number of β-amino-alcohol motifs (C(OH)–C–C–N with tert-alkyl or cyclic N) is 1. The first-order valence-electron chi connectivity index (χ1n) is 6.24. The van der Waals surface area contributed by atoms with E-state index >= 15 is 0 Å². The Hall–Kier alpha value is -1.80. The second-order valence-corrected chi connectivity index (χ2v) is 5.53. The van der Waals surface area contributed by atoms with E-state index in [0.717, 1.165) is 9.37 Å². The van der Waals surface area contributed by atoms with Crippen molar-refractivity contribution in [3.8, 4) is 5.75 Å². The molecule has 1 aromatic rings. The molecule has 0 saturated carbocycles. The molecule has 1 aliphatic rings. The summed E-state index contributed by atoms with van der Waals surface area (Å²) in [6.07, 6.45) is -0.789. The topological polar surface area (TPSA) is 99.1 Å². The van der Waals surface area contributed by atoms with Crippen LogP contribution in [0.3, 0.4) is 0 Å². The highest BCUT2D eigenvalue weighted by Gasteiger charge is 2.39. The number of aliphatic hydroxyl groups excluding tert-OH is 1. The van der Waals surface area contributed by atoms with Gasteiger partial charge in [0.25, 0.3) is 0 Å². The molecule has 1 saturated heterocycles. The van der Waals surface area contributed by atoms with Crippen molar-refractivity contribution in [2.45, 2.75) is 18.6 Å². The van der Waals surface area contributed by atoms with E-state index < -0.39 is 24.1 Å². The molecule has 7 nitrogen and oxygen atoms in total. The van der Waals surface area contributed by atoms with E-state index in [9.17, 15) is 14.7 Å². The van der Waals surface area contributed by atoms with Crippen molar-refractivity contribution in [2.24, 2.45) is 0 Å². The molecular formula is C13H15BrN2O5. The van der Waals surface area contributed by atoms with Gasteiger partial charge >= 0.3 is 12.0 Å². The summed E-state index contributed by atoms with van der Waals surface area (Å²) in [6.45, 7) is -0.00351. The fourth-order valence-corrected chi connectivity index (χ4v) is 2.61. The number of nitrogens with zero attached hydrogens (tertiary/aromatic N) is 1. The lowest BCUT2D eigenvalue weighted by Crippen LogP contribution is -2.43. The number of hydrogen-bond acceptors (Lipinski definition) is 4. The van der Waals surface area contributed by atoms with E-state index in [0.29, 0.717) is 11.4 Å². The number of ether oxygens (including phenoxy) is 1. The maximum absolute atomic E-state index is 12.1. The van der Waals surface area contributed by atoms with Crippen molar-refractivity contribution < 1.29 is 24.5 Å². The Labute approximate surface area is 129 Å². The number of likely N-dealkylation sites (tertiary alicyclic amines) is 1. The SMILES string of the molecule is COc1cc(NC(=O)N2C[C@H](O)C[C@@H]2C(=O)O)ccc1Br. The zero-order chi connectivity index (χ0) is 15.6. The Balaban J connectivity index is 2.12. The van der Waals surface area contributed by atoms with Gasteiger partial charge < -0.3 is 25.2 Å². The van der Waals surface area contributed by atoms with Gasteiger partial charge in [0.05, 0.1) is 17.7 Å². The molecule has 1 fully saturated rings. The number of anilines is 1. The summed E-state index contributed by atoms with van der Waals surface area (Å²) in [5, 5.41) is 21.2. The van der Waals surface area contributed by atoms with Crippen LogP contribution in [0.4, 0.5) is 10.5 Å². The number of rotatable bonds is 3. The van der Waals surface area contributed by atoms with Gasteiger partial charge in [-0.25, -0.2) is 9.59 Å². The number of methoxy groups -OCH3 is 1. The second kappa shape index (κ2) is 6.31. The first kappa shape index (κ1) is 15.6. The van der Waals surface area contributed by atoms with Gasteiger partial charge in [0.2, 0.25) is 0 Å². The van der Waals surface area contributed by atoms with Crippen molar-refractivity contribution in [1.82, 2.24) is 4.90 Å². The zero-order valence-electron chi connectivity index (χ0n) is 11.2. The van der Waals surface area contributed by atoms with Gasteiger partial charge in [-0.15, -0.1) is 0 Å². The van der Waals surface area contributed by atoms with Crippen LogP contribution in [-0.4, -0.2) is 52.9 Å². The molecule has 2 atom stereocenters. The smallest absolute Gasteiger partial charge is 0.326 e. The summed E-state index contributed by atoms with van der Waals surface area (Å²) < 4.78 is 5.86. The summed E-state index contributed by atoms with van der Waals surface area (Å²) in [7, 11) is 1.50. The second-order valence-electron chi connectivity index (χ2n) is 4.68. The molecule has 8 heteroatoms. The average molecular weight is 359 g/mol. The van der Waals surface area contributed by atoms with E-state index in [2.05, 4.69) is 21.2 Å². The maximum Gasteiger partial charge on any atom is 0.326 e. The monoisotopic (exact) mass is 358 g/mol. The van der Waals surface area contributed by atoms with Crippen molar-refractivity contribution in [2.75, 3.05) is 19.0 Å². The number of carbonyl (C=O) groups excluding carboxylic acids is 1. The largest absolute Gasteiger partial charge is 0.495 e. The van der Waals surface area contributed by atoms with Gasteiger partial charge in [-0.3, -0.25) is 0 Å². The number of nitrogens with one attached hydrogen (secondary N) is 1. The fraction of sp³-hybridized carbons (Fsp3) is 0.385. The Morgan fingerprint density at radius 2 is 2.19 bits per heavy atom. The van der Waals surface area contributed by atoms with Crippen LogP contribution in [0.25, 0.3) is 0 Å². The lowest BCUT2D eigenvalue weighted by atomic mass is 10.2. The number of carboxylic acid groups (broad SMARTS) is 1. The summed E-state index contributed by atoms with van der Waals surface area (Å²) >= 11 is 3.30. The van der Waals surface area contributed by atoms with Crippen molar-refractivity contribution in [1.29, 1.82) is 0 Å². The quantitative estimate of drug-likeness (QED) is 0.760. The molecule has 0 unspecified atom stereocenters. The fourth-order valence-electron chi connectivity index (χ4n) is 2.21. The summed E-state index contributed by atoms with van der Waals surface area (Å²) in [6, 6.07) is 3.40. The third-order valence-electron chi connectivity index (χ3n) is 3.23. The number of carboxylic acids is 1. The third kappa shape index (κ3) is 3.45. The number of aliphatic carboxylic acids is 1. The van der Waals surface area contributed by atoms with Gasteiger partial charge in [0, 0.05) is 24.7 Å². The molecule has 3 N–H and O–H groups in total. The maximum atomic E-state index is 12.1. The van der Waals surface area contributed by atoms with Crippen LogP contribution in [0, 0.1) is 0 Å². The molecule has 2 amide bonds. The summed E-state index contributed by atoms with van der Waals surface area (Å²) in [4.78, 5) is 24.4. The lowest BCUT2D eigenvalue weighted by molar-refractivity contribution is -0.141. The van der Waals surface area contributed by atoms with Crippen molar-refractivity contribution in [3.05, 3.63) is 22.7 Å². The minimum atomic E-state index is -1.13. The summed E-state index contributed by atoms with van der Waals surface area (Å²) in [5.74, 6) is -0.584. The van der Waals surface area contributed by atoms with E-state index in [1.807, 2.05) is 0 Å². The molecule has 1 aromatic carbocycles. The first-order chi connectivity index (χ1) is 9.92. The standard InChI is InChI=1S/C13H15BrN2O5/c1-21-11-4-7(2-3-9(11)14)15-13(20)16-6-8(17)5-10(16)12(18)19/h2-4,8,10,17H,5-6H2,1H3,(H,15,20)(H,18,19)/t8-,10-/m1/s1. The number of carbonyl (C=O) groups is 2. The molecule has 1 aliphatic heterocycles. The molecule has 1 heterocycles. The van der Waals surface area contributed by atoms with E-state index in [1.54, 1.807) is 18.2 Å². The molecule has 0 aliphatic carbocycles. The predicted molar refractivity (Wildman–Crippen MR) is 78.5 cm³/mol. The Bertz CT molecular complexity index is 565. The van der Waals surface area contributed by atoms with Crippen molar-refractivity contribution in [3.63, 3.8) is 0 Å². The molecule has 0 aromatic heterocycles. The van der Waals surface area contributed by atoms with Crippen LogP contribution in [-0.2, 0) is 4.79 Å². The summed E-state index contributed by atoms with van der Waals surface area (Å²) in [5.41, 5.74) is 0.477. The van der Waals surface area contributed by atoms with E-state index in [1.165, 1.54) is 7.11 Å². The van der Waals surface area contributed by atoms with Crippen LogP contribution in [0.1, 0.15) is 6.42 Å². The highest BCUT2D eigenvalue weighted by molar-refractivity contribution is 9.10. The number of hydrogen-bond donors (Lipinski definition) is 3. The van der Waals surface area contributed by atoms with Crippen LogP contribution in [0.15, 0.2) is 22.7 Å². The number of benzene rings is 1. The van der Waals surface area contributed by atoms with Crippen LogP contribution in [0.2, 0.25) is 0 Å². The minimum Gasteiger partial charge on any atom is -0.495 e. The molecule has 114 valence electrons. The average Bonchev–Trinajstić information content (AvgIpc) is 2.83. The number of aliphatic hydroxyl groups is 1. The molecule has 0 bridgehead atoms. The van der Waals surface area contributed by atoms with Gasteiger partial charge in [0.15, 0.2) is 0 Å². The molecular weight excluding hydrogens is 344 g/mol. The normalized spacial score (nSPS) is 21.2. The number of halogens is 1. The Morgan fingerprint density at radius 1 is 1.48 bits per heavy atom. The zero-order valence-corrected chi connectivity index (χ0v) is 12.8. The Morgan fingerprint density at radius 3 is 2.81 bits per heavy atom. The van der Waals surface area contributed by atoms with Crippen LogP contribution < -0.4 is 10.1 Å². The first-order valence-corrected chi connectivity index (χ1v) is 7.03. The van der Waals surface area contributed by atoms with Gasteiger partial charge in [-0.05, 0) is 28.1 Å². The highest BCUT2D eigenvalue weighted by atomic mass is 79.9. The minimum absolute atomic E-state index is 0.00351. The molecule has 0 spiro atoms. The van der Waals surface area contributed by atoms with Gasteiger partial charge in [-0.2, -0.15) is 0 Å². The van der Waals surface area contributed by atoms with Crippen LogP contribution in [0.5, 0.6) is 5.75 Å². The highest BCUT2D eigenvalue weighted by Crippen LogP contribution is 2.28. The third-order valence-corrected chi connectivity index (χ3v) is 3.88. The predicted octanol–water partition coefficient (Wildman–Crippen LogP) is 1.51. The van der Waals surface area contributed by atoms with Gasteiger partial charge in [0.1, 0.15) is 11.8 Å². The number of amides is 2. The lowest BCUT2D eigenvalue weighted by Gasteiger charge is -2.21. The molecule has 0 radical (unpaired) electrons. The van der Waals surface area contributed by atoms with Gasteiger partial charge in [-0.1, -0.05) is 0 Å².